The van der Waals surface area contributed by atoms with Crippen LogP contribution in [0.15, 0.2) is 0 Å². The Morgan fingerprint density at radius 2 is 2.37 bits per heavy atom. The summed E-state index contributed by atoms with van der Waals surface area (Å²) in [7, 11) is 0. The SMILES string of the molecule is CC(C)NC(C#N)CCN1CCCC2C(=O)NCC21. The number of nitriles is 1. The molecule has 106 valence electrons. The number of hydrogen-bond donors (Lipinski definition) is 2. The number of nitrogens with one attached hydrogen (secondary N) is 2. The summed E-state index contributed by atoms with van der Waals surface area (Å²) in [6, 6.07) is 2.90. The Morgan fingerprint density at radius 1 is 1.58 bits per heavy atom. The van der Waals surface area contributed by atoms with Crippen molar-refractivity contribution < 1.29 is 4.79 Å². The van der Waals surface area contributed by atoms with E-state index in [1.54, 1.807) is 0 Å². The lowest BCUT2D eigenvalue weighted by atomic mass is 9.91. The van der Waals surface area contributed by atoms with Crippen LogP contribution < -0.4 is 10.6 Å². The molecule has 2 aliphatic heterocycles. The fourth-order valence-corrected chi connectivity index (χ4v) is 3.20. The van der Waals surface area contributed by atoms with Gasteiger partial charge >= 0.3 is 0 Å². The van der Waals surface area contributed by atoms with E-state index >= 15 is 0 Å². The molecule has 5 heteroatoms. The van der Waals surface area contributed by atoms with Crippen LogP contribution in [0.4, 0.5) is 0 Å². The zero-order chi connectivity index (χ0) is 13.8. The van der Waals surface area contributed by atoms with Crippen LogP contribution in [0.1, 0.15) is 33.1 Å². The second-order valence-corrected chi connectivity index (χ2v) is 5.89. The average molecular weight is 264 g/mol. The number of hydrogen-bond acceptors (Lipinski definition) is 4. The van der Waals surface area contributed by atoms with Crippen molar-refractivity contribution in [2.75, 3.05) is 19.6 Å². The normalized spacial score (nSPS) is 28.8. The van der Waals surface area contributed by atoms with Crippen LogP contribution in [0.5, 0.6) is 0 Å². The van der Waals surface area contributed by atoms with Gasteiger partial charge in [0.2, 0.25) is 5.91 Å². The molecule has 2 saturated heterocycles. The molecule has 0 aromatic rings. The van der Waals surface area contributed by atoms with Crippen LogP contribution in [0.3, 0.4) is 0 Å². The lowest BCUT2D eigenvalue weighted by molar-refractivity contribution is -0.124. The number of carbonyl (C=O) groups excluding carboxylic acids is 1. The Kier molecular flexibility index (Phi) is 4.78. The van der Waals surface area contributed by atoms with Crippen LogP contribution in [-0.2, 0) is 4.79 Å². The molecule has 0 aromatic heterocycles. The van der Waals surface area contributed by atoms with Crippen molar-refractivity contribution in [3.63, 3.8) is 0 Å². The molecule has 2 fully saturated rings. The van der Waals surface area contributed by atoms with Crippen LogP contribution in [0.2, 0.25) is 0 Å². The molecule has 0 radical (unpaired) electrons. The van der Waals surface area contributed by atoms with Gasteiger partial charge in [0.05, 0.1) is 18.0 Å². The molecule has 0 bridgehead atoms. The maximum absolute atomic E-state index is 11.7. The van der Waals surface area contributed by atoms with Gasteiger partial charge in [0.25, 0.3) is 0 Å². The highest BCUT2D eigenvalue weighted by Gasteiger charge is 2.40. The van der Waals surface area contributed by atoms with E-state index in [1.165, 1.54) is 0 Å². The zero-order valence-corrected chi connectivity index (χ0v) is 11.9. The number of amides is 1. The monoisotopic (exact) mass is 264 g/mol. The third-order valence-corrected chi connectivity index (χ3v) is 4.11. The molecule has 5 nitrogen and oxygen atoms in total. The summed E-state index contributed by atoms with van der Waals surface area (Å²) < 4.78 is 0. The second kappa shape index (κ2) is 6.36. The molecular weight excluding hydrogens is 240 g/mol. The summed E-state index contributed by atoms with van der Waals surface area (Å²) >= 11 is 0. The van der Waals surface area contributed by atoms with Gasteiger partial charge in [-0.2, -0.15) is 5.26 Å². The molecular formula is C14H24N4O. The van der Waals surface area contributed by atoms with Gasteiger partial charge in [-0.05, 0) is 39.7 Å². The van der Waals surface area contributed by atoms with Crippen molar-refractivity contribution in [3.05, 3.63) is 0 Å². The lowest BCUT2D eigenvalue weighted by Crippen LogP contribution is -2.47. The molecule has 0 aliphatic carbocycles. The Labute approximate surface area is 115 Å². The third-order valence-electron chi connectivity index (χ3n) is 4.11. The smallest absolute Gasteiger partial charge is 0.224 e. The molecule has 2 rings (SSSR count). The number of likely N-dealkylation sites (tertiary alicyclic amines) is 1. The summed E-state index contributed by atoms with van der Waals surface area (Å²) in [6.45, 7) is 6.84. The Bertz CT molecular complexity index is 363. The Hall–Kier alpha value is -1.12. The number of carbonyl (C=O) groups is 1. The third kappa shape index (κ3) is 3.46. The molecule has 19 heavy (non-hydrogen) atoms. The molecule has 2 heterocycles. The maximum Gasteiger partial charge on any atom is 0.224 e. The minimum atomic E-state index is -0.0922. The van der Waals surface area contributed by atoms with E-state index in [4.69, 9.17) is 5.26 Å². The van der Waals surface area contributed by atoms with Gasteiger partial charge < -0.3 is 5.32 Å². The fourth-order valence-electron chi connectivity index (χ4n) is 3.20. The van der Waals surface area contributed by atoms with E-state index in [1.807, 2.05) is 0 Å². The van der Waals surface area contributed by atoms with Gasteiger partial charge in [0, 0.05) is 25.2 Å². The first-order valence-electron chi connectivity index (χ1n) is 7.29. The van der Waals surface area contributed by atoms with E-state index in [0.717, 1.165) is 38.9 Å². The van der Waals surface area contributed by atoms with E-state index in [9.17, 15) is 4.79 Å². The highest BCUT2D eigenvalue weighted by Crippen LogP contribution is 2.27. The van der Waals surface area contributed by atoms with Crippen LogP contribution >= 0.6 is 0 Å². The van der Waals surface area contributed by atoms with Crippen molar-refractivity contribution in [2.45, 2.75) is 51.2 Å². The van der Waals surface area contributed by atoms with E-state index in [0.29, 0.717) is 12.1 Å². The summed E-state index contributed by atoms with van der Waals surface area (Å²) in [5.41, 5.74) is 0. The minimum absolute atomic E-state index is 0.0922. The van der Waals surface area contributed by atoms with Gasteiger partial charge in [0.1, 0.15) is 0 Å². The standard InChI is InChI=1S/C14H24N4O/c1-10(2)17-11(8-15)5-7-18-6-3-4-12-13(18)9-16-14(12)19/h10-13,17H,3-7,9H2,1-2H3,(H,16,19). The van der Waals surface area contributed by atoms with Crippen molar-refractivity contribution in [2.24, 2.45) is 5.92 Å². The van der Waals surface area contributed by atoms with E-state index < -0.39 is 0 Å². The van der Waals surface area contributed by atoms with Crippen molar-refractivity contribution in [1.82, 2.24) is 15.5 Å². The van der Waals surface area contributed by atoms with Crippen molar-refractivity contribution >= 4 is 5.91 Å². The Morgan fingerprint density at radius 3 is 3.05 bits per heavy atom. The highest BCUT2D eigenvalue weighted by atomic mass is 16.2. The van der Waals surface area contributed by atoms with Crippen molar-refractivity contribution in [1.29, 1.82) is 5.26 Å². The zero-order valence-electron chi connectivity index (χ0n) is 11.9. The van der Waals surface area contributed by atoms with Crippen LogP contribution in [0, 0.1) is 17.2 Å². The summed E-state index contributed by atoms with van der Waals surface area (Å²) in [6.07, 6.45) is 2.93. The highest BCUT2D eigenvalue weighted by molar-refractivity contribution is 5.82. The van der Waals surface area contributed by atoms with Crippen LogP contribution in [-0.4, -0.2) is 48.6 Å². The number of piperidine rings is 1. The van der Waals surface area contributed by atoms with E-state index in [2.05, 4.69) is 35.5 Å². The molecule has 0 spiro atoms. The fraction of sp³-hybridized carbons (Fsp3) is 0.857. The van der Waals surface area contributed by atoms with Gasteiger partial charge in [-0.3, -0.25) is 15.0 Å². The lowest BCUT2D eigenvalue weighted by Gasteiger charge is -2.36. The first-order chi connectivity index (χ1) is 9.11. The van der Waals surface area contributed by atoms with E-state index in [-0.39, 0.29) is 17.9 Å². The van der Waals surface area contributed by atoms with Gasteiger partial charge in [0.15, 0.2) is 0 Å². The largest absolute Gasteiger partial charge is 0.354 e. The topological polar surface area (TPSA) is 68.2 Å². The second-order valence-electron chi connectivity index (χ2n) is 5.89. The first kappa shape index (κ1) is 14.3. The quantitative estimate of drug-likeness (QED) is 0.758. The number of fused-ring (bicyclic) bond motifs is 1. The average Bonchev–Trinajstić information content (AvgIpc) is 2.77. The molecule has 3 unspecified atom stereocenters. The summed E-state index contributed by atoms with van der Waals surface area (Å²) in [5.74, 6) is 0.388. The minimum Gasteiger partial charge on any atom is -0.354 e. The molecule has 1 amide bonds. The first-order valence-corrected chi connectivity index (χ1v) is 7.29. The summed E-state index contributed by atoms with van der Waals surface area (Å²) in [5, 5.41) is 15.4. The summed E-state index contributed by atoms with van der Waals surface area (Å²) in [4.78, 5) is 14.1. The molecule has 3 atom stereocenters. The molecule has 0 saturated carbocycles. The van der Waals surface area contributed by atoms with Gasteiger partial charge in [-0.1, -0.05) is 0 Å². The molecule has 0 aromatic carbocycles. The molecule has 2 N–H and O–H groups in total. The maximum atomic E-state index is 11.7. The van der Waals surface area contributed by atoms with Gasteiger partial charge in [-0.25, -0.2) is 0 Å². The Balaban J connectivity index is 1.85. The predicted octanol–water partition coefficient (Wildman–Crippen LogP) is 0.477. The van der Waals surface area contributed by atoms with Crippen molar-refractivity contribution in [3.8, 4) is 6.07 Å². The number of nitrogens with zero attached hydrogens (tertiary/aromatic N) is 2. The van der Waals surface area contributed by atoms with Gasteiger partial charge in [-0.15, -0.1) is 0 Å². The predicted molar refractivity (Wildman–Crippen MR) is 73.4 cm³/mol. The van der Waals surface area contributed by atoms with Crippen LogP contribution in [0.25, 0.3) is 0 Å². The number of rotatable bonds is 5. The molecule has 2 aliphatic rings.